The number of nitrogens with zero attached hydrogens (tertiary/aromatic N) is 1. The van der Waals surface area contributed by atoms with E-state index in [0.717, 1.165) is 12.3 Å². The second-order valence-corrected chi connectivity index (χ2v) is 1.44. The van der Waals surface area contributed by atoms with Gasteiger partial charge in [0.2, 0.25) is 0 Å². The molecular weight excluding hydrogens is 88.1 g/mol. The van der Waals surface area contributed by atoms with Crippen molar-refractivity contribution in [2.45, 2.75) is 0 Å². The molecule has 0 saturated carbocycles. The Morgan fingerprint density at radius 2 is 2.71 bits per heavy atom. The largest absolute Gasteiger partial charge is 0.325 e. The normalized spacial score (nSPS) is 17.6. The second kappa shape index (κ2) is 1.89. The molecule has 0 saturated heterocycles. The van der Waals surface area contributed by atoms with Gasteiger partial charge in [0, 0.05) is 12.3 Å². The van der Waals surface area contributed by atoms with Crippen LogP contribution in [0.4, 0.5) is 0 Å². The Labute approximate surface area is 42.7 Å². The van der Waals surface area contributed by atoms with Crippen molar-refractivity contribution in [3.63, 3.8) is 0 Å². The molecule has 2 heteroatoms. The third kappa shape index (κ3) is 0.871. The molecule has 1 heterocycles. The van der Waals surface area contributed by atoms with Gasteiger partial charge in [-0.25, -0.2) is 0 Å². The van der Waals surface area contributed by atoms with Crippen LogP contribution in [0.1, 0.15) is 0 Å². The zero-order valence-corrected chi connectivity index (χ0v) is 4.09. The monoisotopic (exact) mass is 96.1 g/mol. The van der Waals surface area contributed by atoms with Crippen molar-refractivity contribution in [1.82, 2.24) is 0 Å². The fourth-order valence-corrected chi connectivity index (χ4v) is 0.544. The number of hydrogen-bond acceptors (Lipinski definition) is 2. The molecule has 0 unspecified atom stereocenters. The van der Waals surface area contributed by atoms with Crippen LogP contribution in [-0.4, -0.2) is 18.8 Å². The molecule has 0 bridgehead atoms. The summed E-state index contributed by atoms with van der Waals surface area (Å²) in [5, 5.41) is 0. The van der Waals surface area contributed by atoms with E-state index in [1.54, 1.807) is 0 Å². The lowest BCUT2D eigenvalue weighted by Gasteiger charge is -1.83. The van der Waals surface area contributed by atoms with Crippen molar-refractivity contribution < 1.29 is 0 Å². The molecular formula is C5H8N2. The molecule has 0 fully saturated rings. The third-order valence-corrected chi connectivity index (χ3v) is 0.919. The maximum Gasteiger partial charge on any atom is 0.0577 e. The van der Waals surface area contributed by atoms with Crippen molar-refractivity contribution in [2.75, 3.05) is 13.1 Å². The highest BCUT2D eigenvalue weighted by atomic mass is 14.8. The van der Waals surface area contributed by atoms with Gasteiger partial charge in [-0.05, 0) is 6.08 Å². The summed E-state index contributed by atoms with van der Waals surface area (Å²) in [7, 11) is 0. The lowest BCUT2D eigenvalue weighted by atomic mass is 10.4. The maximum atomic E-state index is 5.25. The minimum atomic E-state index is 0.580. The molecule has 2 N–H and O–H groups in total. The summed E-state index contributed by atoms with van der Waals surface area (Å²) in [5.74, 6) is 0. The summed E-state index contributed by atoms with van der Waals surface area (Å²) in [6.45, 7) is 1.41. The summed E-state index contributed by atoms with van der Waals surface area (Å²) < 4.78 is 0. The van der Waals surface area contributed by atoms with Crippen molar-refractivity contribution in [1.29, 1.82) is 0 Å². The van der Waals surface area contributed by atoms with Crippen LogP contribution in [0.2, 0.25) is 0 Å². The van der Waals surface area contributed by atoms with Gasteiger partial charge in [0.25, 0.3) is 0 Å². The topological polar surface area (TPSA) is 38.4 Å². The van der Waals surface area contributed by atoms with Crippen LogP contribution in [0.5, 0.6) is 0 Å². The maximum absolute atomic E-state index is 5.25. The van der Waals surface area contributed by atoms with E-state index in [-0.39, 0.29) is 0 Å². The van der Waals surface area contributed by atoms with Crippen LogP contribution in [0.15, 0.2) is 17.1 Å². The number of nitrogens with two attached hydrogens (primary N) is 1. The first-order valence-electron chi connectivity index (χ1n) is 2.33. The Balaban J connectivity index is 2.52. The lowest BCUT2D eigenvalue weighted by molar-refractivity contribution is 1.24. The van der Waals surface area contributed by atoms with E-state index in [4.69, 9.17) is 5.73 Å². The van der Waals surface area contributed by atoms with Gasteiger partial charge < -0.3 is 5.73 Å². The first-order chi connectivity index (χ1) is 3.43. The molecule has 1 aliphatic heterocycles. The average molecular weight is 96.1 g/mol. The molecule has 2 nitrogen and oxygen atoms in total. The summed E-state index contributed by atoms with van der Waals surface area (Å²) in [6, 6.07) is 0. The first kappa shape index (κ1) is 4.53. The van der Waals surface area contributed by atoms with E-state index >= 15 is 0 Å². The molecule has 0 amide bonds. The quantitative estimate of drug-likeness (QED) is 0.488. The zero-order valence-electron chi connectivity index (χ0n) is 4.09. The highest BCUT2D eigenvalue weighted by Gasteiger charge is 1.92. The lowest BCUT2D eigenvalue weighted by Crippen LogP contribution is -2.08. The summed E-state index contributed by atoms with van der Waals surface area (Å²) in [4.78, 5) is 4.03. The molecule has 7 heavy (non-hydrogen) atoms. The van der Waals surface area contributed by atoms with E-state index in [1.165, 1.54) is 0 Å². The van der Waals surface area contributed by atoms with Crippen LogP contribution in [0.25, 0.3) is 0 Å². The molecule has 0 aromatic carbocycles. The van der Waals surface area contributed by atoms with Crippen molar-refractivity contribution in [2.24, 2.45) is 10.7 Å². The van der Waals surface area contributed by atoms with Gasteiger partial charge in [0.15, 0.2) is 0 Å². The molecule has 0 atom stereocenters. The molecule has 0 aliphatic carbocycles. The van der Waals surface area contributed by atoms with Crippen LogP contribution < -0.4 is 5.73 Å². The highest BCUT2D eigenvalue weighted by Crippen LogP contribution is 1.89. The van der Waals surface area contributed by atoms with Crippen molar-refractivity contribution >= 4 is 5.71 Å². The molecule has 0 spiro atoms. The van der Waals surface area contributed by atoms with Gasteiger partial charge in [-0.3, -0.25) is 4.99 Å². The van der Waals surface area contributed by atoms with Crippen molar-refractivity contribution in [3.8, 4) is 0 Å². The van der Waals surface area contributed by atoms with E-state index < -0.39 is 0 Å². The molecule has 1 aliphatic rings. The van der Waals surface area contributed by atoms with Gasteiger partial charge in [-0.2, -0.15) is 0 Å². The minimum Gasteiger partial charge on any atom is -0.325 e. The SMILES string of the molecule is NCC1=NCC=C1. The predicted octanol–water partition coefficient (Wildman–Crippen LogP) is -0.0441. The summed E-state index contributed by atoms with van der Waals surface area (Å²) >= 11 is 0. The van der Waals surface area contributed by atoms with Crippen LogP contribution in [0, 0.1) is 0 Å². The Morgan fingerprint density at radius 3 is 3.00 bits per heavy atom. The summed E-state index contributed by atoms with van der Waals surface area (Å²) in [5.41, 5.74) is 6.27. The summed E-state index contributed by atoms with van der Waals surface area (Å²) in [6.07, 6.45) is 3.96. The predicted molar refractivity (Wildman–Crippen MR) is 30.5 cm³/mol. The Bertz CT molecular complexity index is 113. The number of aliphatic imine (C=N–C) groups is 1. The number of rotatable bonds is 1. The third-order valence-electron chi connectivity index (χ3n) is 0.919. The van der Waals surface area contributed by atoms with Crippen LogP contribution >= 0.6 is 0 Å². The van der Waals surface area contributed by atoms with Gasteiger partial charge >= 0.3 is 0 Å². The highest BCUT2D eigenvalue weighted by molar-refractivity contribution is 5.97. The van der Waals surface area contributed by atoms with Crippen molar-refractivity contribution in [3.05, 3.63) is 12.2 Å². The van der Waals surface area contributed by atoms with E-state index in [0.29, 0.717) is 6.54 Å². The number of hydrogen-bond donors (Lipinski definition) is 1. The molecule has 38 valence electrons. The molecule has 1 rings (SSSR count). The van der Waals surface area contributed by atoms with Gasteiger partial charge in [0.1, 0.15) is 0 Å². The van der Waals surface area contributed by atoms with Crippen LogP contribution in [-0.2, 0) is 0 Å². The standard InChI is InChI=1S/C5H8N2/c6-4-5-2-1-3-7-5/h1-2H,3-4,6H2. The fourth-order valence-electron chi connectivity index (χ4n) is 0.544. The molecule has 0 radical (unpaired) electrons. The average Bonchev–Trinajstić information content (AvgIpc) is 2.14. The Kier molecular flexibility index (Phi) is 1.22. The van der Waals surface area contributed by atoms with Gasteiger partial charge in [-0.15, -0.1) is 0 Å². The smallest absolute Gasteiger partial charge is 0.0577 e. The van der Waals surface area contributed by atoms with E-state index in [9.17, 15) is 0 Å². The van der Waals surface area contributed by atoms with E-state index in [1.807, 2.05) is 12.2 Å². The molecule has 0 aromatic rings. The first-order valence-corrected chi connectivity index (χ1v) is 2.33. The Hall–Kier alpha value is -0.630. The Morgan fingerprint density at radius 1 is 1.86 bits per heavy atom. The zero-order chi connectivity index (χ0) is 5.11. The molecule has 0 aromatic heterocycles. The van der Waals surface area contributed by atoms with E-state index in [2.05, 4.69) is 4.99 Å². The van der Waals surface area contributed by atoms with Crippen LogP contribution in [0.3, 0.4) is 0 Å². The minimum absolute atomic E-state index is 0.580. The fraction of sp³-hybridized carbons (Fsp3) is 0.400. The second-order valence-electron chi connectivity index (χ2n) is 1.44. The van der Waals surface area contributed by atoms with Gasteiger partial charge in [-0.1, -0.05) is 6.08 Å². The van der Waals surface area contributed by atoms with Gasteiger partial charge in [0.05, 0.1) is 6.54 Å².